The van der Waals surface area contributed by atoms with Crippen LogP contribution in [-0.4, -0.2) is 38.7 Å². The van der Waals surface area contributed by atoms with Crippen LogP contribution >= 0.6 is 0 Å². The second-order valence-electron chi connectivity index (χ2n) is 4.60. The molecule has 0 fully saturated rings. The highest BCUT2D eigenvalue weighted by atomic mass is 32.2. The number of halogens is 3. The molecule has 8 heteroatoms. The molecule has 0 aliphatic heterocycles. The van der Waals surface area contributed by atoms with Crippen molar-refractivity contribution in [3.05, 3.63) is 23.8 Å². The summed E-state index contributed by atoms with van der Waals surface area (Å²) in [5.41, 5.74) is 4.16. The Hall–Kier alpha value is -1.28. The monoisotopic (exact) mass is 324 g/mol. The van der Waals surface area contributed by atoms with Gasteiger partial charge >= 0.3 is 6.18 Å². The molecule has 0 bridgehead atoms. The van der Waals surface area contributed by atoms with E-state index >= 15 is 0 Å². The van der Waals surface area contributed by atoms with Crippen molar-refractivity contribution in [2.75, 3.05) is 31.1 Å². The van der Waals surface area contributed by atoms with Crippen LogP contribution < -0.4 is 5.73 Å². The zero-order valence-corrected chi connectivity index (χ0v) is 12.8. The Morgan fingerprint density at radius 2 is 1.76 bits per heavy atom. The van der Waals surface area contributed by atoms with Crippen molar-refractivity contribution < 1.29 is 21.6 Å². The first-order chi connectivity index (χ1) is 9.61. The highest BCUT2D eigenvalue weighted by molar-refractivity contribution is 7.91. The number of hydrogen-bond donors (Lipinski definition) is 1. The van der Waals surface area contributed by atoms with Crippen LogP contribution in [0.4, 0.5) is 18.9 Å². The lowest BCUT2D eigenvalue weighted by Crippen LogP contribution is -2.29. The minimum Gasteiger partial charge on any atom is -0.398 e. The van der Waals surface area contributed by atoms with Crippen LogP contribution in [0, 0.1) is 0 Å². The van der Waals surface area contributed by atoms with Crippen LogP contribution in [0.5, 0.6) is 0 Å². The van der Waals surface area contributed by atoms with Crippen LogP contribution in [0.25, 0.3) is 0 Å². The van der Waals surface area contributed by atoms with E-state index in [1.807, 2.05) is 18.7 Å². The highest BCUT2D eigenvalue weighted by Gasteiger charge is 2.31. The third-order valence-electron chi connectivity index (χ3n) is 3.24. The van der Waals surface area contributed by atoms with Gasteiger partial charge in [-0.15, -0.1) is 0 Å². The summed E-state index contributed by atoms with van der Waals surface area (Å²) in [6.45, 7) is 5.53. The topological polar surface area (TPSA) is 63.4 Å². The molecule has 4 nitrogen and oxygen atoms in total. The molecule has 0 atom stereocenters. The molecule has 0 heterocycles. The van der Waals surface area contributed by atoms with Crippen molar-refractivity contribution in [1.82, 2.24) is 4.90 Å². The molecule has 0 saturated heterocycles. The van der Waals surface area contributed by atoms with Crippen LogP contribution in [0.1, 0.15) is 19.4 Å². The third-order valence-corrected chi connectivity index (χ3v) is 5.00. The van der Waals surface area contributed by atoms with E-state index in [1.54, 1.807) is 0 Å². The molecule has 0 amide bonds. The molecule has 21 heavy (non-hydrogen) atoms. The molecule has 2 N–H and O–H groups in total. The fourth-order valence-electron chi connectivity index (χ4n) is 1.91. The van der Waals surface area contributed by atoms with Gasteiger partial charge in [0, 0.05) is 6.54 Å². The van der Waals surface area contributed by atoms with Gasteiger partial charge in [0.25, 0.3) is 0 Å². The smallest absolute Gasteiger partial charge is 0.398 e. The molecule has 0 aliphatic rings. The molecular weight excluding hydrogens is 305 g/mol. The maximum atomic E-state index is 12.5. The molecule has 120 valence electrons. The van der Waals surface area contributed by atoms with E-state index in [2.05, 4.69) is 0 Å². The van der Waals surface area contributed by atoms with E-state index in [1.165, 1.54) is 0 Å². The Kier molecular flexibility index (Phi) is 5.63. The molecule has 1 rings (SSSR count). The standard InChI is InChI=1S/C13H19F3N2O2S/c1-3-18(4-2)7-8-21(19,20)12-6-5-10(9-11(12)17)13(14,15)16/h5-6,9H,3-4,7-8,17H2,1-2H3. The number of benzene rings is 1. The van der Waals surface area contributed by atoms with Crippen molar-refractivity contribution in [1.29, 1.82) is 0 Å². The van der Waals surface area contributed by atoms with Gasteiger partial charge in [0.2, 0.25) is 0 Å². The molecule has 0 unspecified atom stereocenters. The van der Waals surface area contributed by atoms with E-state index in [0.29, 0.717) is 25.7 Å². The summed E-state index contributed by atoms with van der Waals surface area (Å²) >= 11 is 0. The van der Waals surface area contributed by atoms with Crippen molar-refractivity contribution in [3.63, 3.8) is 0 Å². The van der Waals surface area contributed by atoms with E-state index in [0.717, 1.165) is 12.1 Å². The molecule has 0 aromatic heterocycles. The van der Waals surface area contributed by atoms with E-state index in [-0.39, 0.29) is 16.3 Å². The number of sulfone groups is 1. The fourth-order valence-corrected chi connectivity index (χ4v) is 3.32. The fraction of sp³-hybridized carbons (Fsp3) is 0.538. The molecule has 0 spiro atoms. The van der Waals surface area contributed by atoms with Crippen LogP contribution in [0.3, 0.4) is 0 Å². The highest BCUT2D eigenvalue weighted by Crippen LogP contribution is 2.32. The van der Waals surface area contributed by atoms with Gasteiger partial charge in [0.15, 0.2) is 9.84 Å². The lowest BCUT2D eigenvalue weighted by molar-refractivity contribution is -0.137. The number of anilines is 1. The maximum absolute atomic E-state index is 12.5. The summed E-state index contributed by atoms with van der Waals surface area (Å²) in [4.78, 5) is 1.67. The number of nitrogens with zero attached hydrogens (tertiary/aromatic N) is 1. The minimum atomic E-state index is -4.54. The van der Waals surface area contributed by atoms with Gasteiger partial charge in [0.05, 0.1) is 21.9 Å². The van der Waals surface area contributed by atoms with Gasteiger partial charge < -0.3 is 10.6 Å². The molecule has 0 radical (unpaired) electrons. The summed E-state index contributed by atoms with van der Waals surface area (Å²) < 4.78 is 61.9. The normalized spacial score (nSPS) is 12.9. The summed E-state index contributed by atoms with van der Waals surface area (Å²) in [7, 11) is -3.70. The average molecular weight is 324 g/mol. The number of rotatable bonds is 6. The summed E-state index contributed by atoms with van der Waals surface area (Å²) in [5, 5.41) is 0. The quantitative estimate of drug-likeness (QED) is 0.816. The zero-order chi connectivity index (χ0) is 16.3. The van der Waals surface area contributed by atoms with Gasteiger partial charge in [-0.25, -0.2) is 8.42 Å². The maximum Gasteiger partial charge on any atom is 0.416 e. The average Bonchev–Trinajstić information content (AvgIpc) is 2.38. The Morgan fingerprint density at radius 1 is 1.19 bits per heavy atom. The van der Waals surface area contributed by atoms with Crippen molar-refractivity contribution in [3.8, 4) is 0 Å². The summed E-state index contributed by atoms with van der Waals surface area (Å²) in [5.74, 6) is -0.176. The van der Waals surface area contributed by atoms with Crippen molar-refractivity contribution in [2.45, 2.75) is 24.9 Å². The third kappa shape index (κ3) is 4.60. The van der Waals surface area contributed by atoms with Gasteiger partial charge in [-0.1, -0.05) is 13.8 Å². The summed E-state index contributed by atoms with van der Waals surface area (Å²) in [6, 6.07) is 2.32. The first-order valence-corrected chi connectivity index (χ1v) is 8.18. The molecular formula is C13H19F3N2O2S. The van der Waals surface area contributed by atoms with Crippen molar-refractivity contribution >= 4 is 15.5 Å². The molecule has 1 aromatic rings. The van der Waals surface area contributed by atoms with E-state index < -0.39 is 21.6 Å². The second kappa shape index (κ2) is 6.65. The Bertz CT molecular complexity index is 582. The number of hydrogen-bond acceptors (Lipinski definition) is 4. The lowest BCUT2D eigenvalue weighted by atomic mass is 10.2. The number of alkyl halides is 3. The summed E-state index contributed by atoms with van der Waals surface area (Å²) in [6.07, 6.45) is -4.54. The number of nitrogens with two attached hydrogens (primary N) is 1. The molecule has 0 aliphatic carbocycles. The lowest BCUT2D eigenvalue weighted by Gasteiger charge is -2.18. The van der Waals surface area contributed by atoms with Crippen LogP contribution in [0.15, 0.2) is 23.1 Å². The van der Waals surface area contributed by atoms with Crippen LogP contribution in [-0.2, 0) is 16.0 Å². The predicted molar refractivity (Wildman–Crippen MR) is 75.7 cm³/mol. The largest absolute Gasteiger partial charge is 0.416 e. The van der Waals surface area contributed by atoms with E-state index in [4.69, 9.17) is 5.73 Å². The van der Waals surface area contributed by atoms with Gasteiger partial charge in [0.1, 0.15) is 0 Å². The Balaban J connectivity index is 2.99. The Labute approximate surface area is 122 Å². The zero-order valence-electron chi connectivity index (χ0n) is 11.9. The first-order valence-electron chi connectivity index (χ1n) is 6.53. The number of nitrogen functional groups attached to an aromatic ring is 1. The predicted octanol–water partition coefficient (Wildman–Crippen LogP) is 2.40. The SMILES string of the molecule is CCN(CC)CCS(=O)(=O)c1ccc(C(F)(F)F)cc1N. The van der Waals surface area contributed by atoms with Gasteiger partial charge in [-0.3, -0.25) is 0 Å². The molecule has 0 saturated carbocycles. The Morgan fingerprint density at radius 3 is 2.19 bits per heavy atom. The van der Waals surface area contributed by atoms with E-state index in [9.17, 15) is 21.6 Å². The van der Waals surface area contributed by atoms with Crippen LogP contribution in [0.2, 0.25) is 0 Å². The molecule has 1 aromatic carbocycles. The van der Waals surface area contributed by atoms with Gasteiger partial charge in [-0.2, -0.15) is 13.2 Å². The first kappa shape index (κ1) is 17.8. The minimum absolute atomic E-state index is 0.176. The second-order valence-corrected chi connectivity index (χ2v) is 6.67. The van der Waals surface area contributed by atoms with Gasteiger partial charge in [-0.05, 0) is 31.3 Å². The van der Waals surface area contributed by atoms with Crippen molar-refractivity contribution in [2.24, 2.45) is 0 Å².